The number of benzene rings is 2. The van der Waals surface area contributed by atoms with Crippen molar-refractivity contribution < 1.29 is 5.11 Å². The summed E-state index contributed by atoms with van der Waals surface area (Å²) in [6, 6.07) is 16.4. The second-order valence-electron chi connectivity index (χ2n) is 5.37. The van der Waals surface area contributed by atoms with Crippen molar-refractivity contribution in [1.29, 1.82) is 0 Å². The Kier molecular flexibility index (Phi) is 3.95. The van der Waals surface area contributed by atoms with Gasteiger partial charge in [0.05, 0.1) is 12.6 Å². The third-order valence-electron chi connectivity index (χ3n) is 3.78. The summed E-state index contributed by atoms with van der Waals surface area (Å²) >= 11 is 5.96. The molecule has 104 valence electrons. The van der Waals surface area contributed by atoms with Gasteiger partial charge in [0.25, 0.3) is 0 Å². The molecular weight excluding hydrogens is 270 g/mol. The molecule has 0 aliphatic heterocycles. The van der Waals surface area contributed by atoms with Gasteiger partial charge in [-0.3, -0.25) is 0 Å². The summed E-state index contributed by atoms with van der Waals surface area (Å²) in [5.41, 5.74) is 3.31. The van der Waals surface area contributed by atoms with E-state index in [0.717, 1.165) is 16.3 Å². The highest BCUT2D eigenvalue weighted by molar-refractivity contribution is 6.30. The average molecular weight is 288 g/mol. The van der Waals surface area contributed by atoms with E-state index in [1.54, 1.807) is 0 Å². The SMILES string of the molecule is OCc1ccc(NC(c2ccc(Cl)cc2)C2CC2)cc1. The molecule has 2 N–H and O–H groups in total. The van der Waals surface area contributed by atoms with E-state index in [1.165, 1.54) is 18.4 Å². The Bertz CT molecular complexity index is 561. The van der Waals surface area contributed by atoms with Gasteiger partial charge in [-0.1, -0.05) is 35.9 Å². The number of hydrogen-bond donors (Lipinski definition) is 2. The Morgan fingerprint density at radius 1 is 1.05 bits per heavy atom. The van der Waals surface area contributed by atoms with Crippen LogP contribution >= 0.6 is 11.6 Å². The number of aliphatic hydroxyl groups is 1. The molecule has 0 spiro atoms. The molecule has 0 aromatic heterocycles. The topological polar surface area (TPSA) is 32.3 Å². The van der Waals surface area contributed by atoms with Gasteiger partial charge in [-0.15, -0.1) is 0 Å². The molecule has 20 heavy (non-hydrogen) atoms. The van der Waals surface area contributed by atoms with Crippen molar-refractivity contribution >= 4 is 17.3 Å². The Morgan fingerprint density at radius 3 is 2.25 bits per heavy atom. The lowest BCUT2D eigenvalue weighted by Crippen LogP contribution is -2.12. The quantitative estimate of drug-likeness (QED) is 0.854. The summed E-state index contributed by atoms with van der Waals surface area (Å²) in [5.74, 6) is 0.702. The van der Waals surface area contributed by atoms with Crippen LogP contribution in [-0.2, 0) is 6.61 Å². The van der Waals surface area contributed by atoms with Gasteiger partial charge in [0.1, 0.15) is 0 Å². The summed E-state index contributed by atoms with van der Waals surface area (Å²) in [7, 11) is 0. The van der Waals surface area contributed by atoms with Gasteiger partial charge in [-0.2, -0.15) is 0 Å². The van der Waals surface area contributed by atoms with E-state index in [4.69, 9.17) is 16.7 Å². The van der Waals surface area contributed by atoms with Crippen LogP contribution in [0.1, 0.15) is 30.0 Å². The maximum atomic E-state index is 9.08. The first-order valence-corrected chi connectivity index (χ1v) is 7.36. The normalized spacial score (nSPS) is 15.9. The number of rotatable bonds is 5. The average Bonchev–Trinajstić information content (AvgIpc) is 3.31. The fourth-order valence-corrected chi connectivity index (χ4v) is 2.58. The van der Waals surface area contributed by atoms with Crippen LogP contribution in [-0.4, -0.2) is 5.11 Å². The summed E-state index contributed by atoms with van der Waals surface area (Å²) in [4.78, 5) is 0. The van der Waals surface area contributed by atoms with E-state index in [-0.39, 0.29) is 6.61 Å². The van der Waals surface area contributed by atoms with Gasteiger partial charge in [0.15, 0.2) is 0 Å². The molecule has 1 atom stereocenters. The zero-order chi connectivity index (χ0) is 13.9. The monoisotopic (exact) mass is 287 g/mol. The van der Waals surface area contributed by atoms with E-state index in [2.05, 4.69) is 17.4 Å². The van der Waals surface area contributed by atoms with E-state index in [0.29, 0.717) is 12.0 Å². The second kappa shape index (κ2) is 5.86. The summed E-state index contributed by atoms with van der Waals surface area (Å²) in [5, 5.41) is 13.5. The standard InChI is InChI=1S/C17H18ClNO/c18-15-7-5-14(6-8-15)17(13-3-4-13)19-16-9-1-12(11-20)2-10-16/h1-2,5-10,13,17,19-20H,3-4,11H2. The lowest BCUT2D eigenvalue weighted by molar-refractivity contribution is 0.282. The minimum absolute atomic E-state index is 0.0868. The Hall–Kier alpha value is -1.51. The molecule has 2 aromatic carbocycles. The van der Waals surface area contributed by atoms with Crippen molar-refractivity contribution in [3.63, 3.8) is 0 Å². The van der Waals surface area contributed by atoms with Crippen LogP contribution in [0.15, 0.2) is 48.5 Å². The number of aliphatic hydroxyl groups excluding tert-OH is 1. The molecule has 0 bridgehead atoms. The molecule has 1 fully saturated rings. The maximum Gasteiger partial charge on any atom is 0.0681 e. The molecule has 0 radical (unpaired) electrons. The molecule has 0 heterocycles. The molecule has 2 nitrogen and oxygen atoms in total. The Morgan fingerprint density at radius 2 is 1.70 bits per heavy atom. The van der Waals surface area contributed by atoms with E-state index < -0.39 is 0 Å². The summed E-state index contributed by atoms with van der Waals surface area (Å²) < 4.78 is 0. The van der Waals surface area contributed by atoms with Gasteiger partial charge in [-0.25, -0.2) is 0 Å². The lowest BCUT2D eigenvalue weighted by Gasteiger charge is -2.20. The molecule has 3 heteroatoms. The minimum atomic E-state index is 0.0868. The highest BCUT2D eigenvalue weighted by Crippen LogP contribution is 2.43. The van der Waals surface area contributed by atoms with Crippen molar-refractivity contribution in [2.24, 2.45) is 5.92 Å². The van der Waals surface area contributed by atoms with Crippen LogP contribution in [0.2, 0.25) is 5.02 Å². The highest BCUT2D eigenvalue weighted by atomic mass is 35.5. The summed E-state index contributed by atoms with van der Waals surface area (Å²) in [6.07, 6.45) is 2.55. The van der Waals surface area contributed by atoms with Crippen LogP contribution in [0, 0.1) is 5.92 Å². The number of hydrogen-bond acceptors (Lipinski definition) is 2. The first-order valence-electron chi connectivity index (χ1n) is 6.98. The maximum absolute atomic E-state index is 9.08. The molecule has 3 rings (SSSR count). The van der Waals surface area contributed by atoms with E-state index in [1.807, 2.05) is 36.4 Å². The Labute approximate surface area is 124 Å². The van der Waals surface area contributed by atoms with Crippen molar-refractivity contribution in [3.05, 3.63) is 64.7 Å². The van der Waals surface area contributed by atoms with Crippen LogP contribution in [0.4, 0.5) is 5.69 Å². The van der Waals surface area contributed by atoms with Crippen molar-refractivity contribution in [3.8, 4) is 0 Å². The van der Waals surface area contributed by atoms with Crippen LogP contribution < -0.4 is 5.32 Å². The fraction of sp³-hybridized carbons (Fsp3) is 0.294. The third-order valence-corrected chi connectivity index (χ3v) is 4.03. The molecular formula is C17H18ClNO. The van der Waals surface area contributed by atoms with Gasteiger partial charge in [0, 0.05) is 10.7 Å². The van der Waals surface area contributed by atoms with E-state index in [9.17, 15) is 0 Å². The molecule has 1 saturated carbocycles. The van der Waals surface area contributed by atoms with Crippen molar-refractivity contribution in [2.75, 3.05) is 5.32 Å². The lowest BCUT2D eigenvalue weighted by atomic mass is 10.0. The zero-order valence-electron chi connectivity index (χ0n) is 11.2. The van der Waals surface area contributed by atoms with Gasteiger partial charge >= 0.3 is 0 Å². The van der Waals surface area contributed by atoms with E-state index >= 15 is 0 Å². The van der Waals surface area contributed by atoms with Crippen molar-refractivity contribution in [2.45, 2.75) is 25.5 Å². The van der Waals surface area contributed by atoms with Crippen LogP contribution in [0.3, 0.4) is 0 Å². The van der Waals surface area contributed by atoms with Gasteiger partial charge < -0.3 is 10.4 Å². The van der Waals surface area contributed by atoms with Gasteiger partial charge in [0.2, 0.25) is 0 Å². The molecule has 1 unspecified atom stereocenters. The van der Waals surface area contributed by atoms with Crippen LogP contribution in [0.5, 0.6) is 0 Å². The van der Waals surface area contributed by atoms with Crippen molar-refractivity contribution in [1.82, 2.24) is 0 Å². The second-order valence-corrected chi connectivity index (χ2v) is 5.80. The highest BCUT2D eigenvalue weighted by Gasteiger charge is 2.32. The summed E-state index contributed by atoms with van der Waals surface area (Å²) in [6.45, 7) is 0.0868. The minimum Gasteiger partial charge on any atom is -0.392 e. The third kappa shape index (κ3) is 3.14. The first kappa shape index (κ1) is 13.5. The first-order chi connectivity index (χ1) is 9.76. The molecule has 1 aliphatic rings. The molecule has 1 aliphatic carbocycles. The number of anilines is 1. The Balaban J connectivity index is 1.78. The molecule has 2 aromatic rings. The number of halogens is 1. The molecule has 0 amide bonds. The fourth-order valence-electron chi connectivity index (χ4n) is 2.46. The predicted molar refractivity (Wildman–Crippen MR) is 82.9 cm³/mol. The smallest absolute Gasteiger partial charge is 0.0681 e. The van der Waals surface area contributed by atoms with Crippen LogP contribution in [0.25, 0.3) is 0 Å². The predicted octanol–water partition coefficient (Wildman–Crippen LogP) is 4.40. The number of nitrogens with one attached hydrogen (secondary N) is 1. The molecule has 0 saturated heterocycles. The largest absolute Gasteiger partial charge is 0.392 e. The zero-order valence-corrected chi connectivity index (χ0v) is 12.0. The van der Waals surface area contributed by atoms with Gasteiger partial charge in [-0.05, 0) is 54.2 Å².